The van der Waals surface area contributed by atoms with Crippen LogP contribution in [0.5, 0.6) is 5.75 Å². The molecule has 10 nitrogen and oxygen atoms in total. The second-order valence-corrected chi connectivity index (χ2v) is 8.81. The number of para-hydroxylation sites is 1. The second kappa shape index (κ2) is 11.0. The summed E-state index contributed by atoms with van der Waals surface area (Å²) >= 11 is 0. The summed E-state index contributed by atoms with van der Waals surface area (Å²) in [5.41, 5.74) is 3.43. The highest BCUT2D eigenvalue weighted by Gasteiger charge is 2.22. The summed E-state index contributed by atoms with van der Waals surface area (Å²) in [5.74, 6) is 3.41. The lowest BCUT2D eigenvalue weighted by molar-refractivity contribution is -0.384. The summed E-state index contributed by atoms with van der Waals surface area (Å²) in [7, 11) is 7.25. The van der Waals surface area contributed by atoms with E-state index < -0.39 is 4.92 Å². The minimum absolute atomic E-state index is 0.0435. The van der Waals surface area contributed by atoms with E-state index >= 15 is 0 Å². The molecule has 0 aliphatic heterocycles. The van der Waals surface area contributed by atoms with Crippen molar-refractivity contribution >= 4 is 33.9 Å². The number of hydrogen-bond acceptors (Lipinski definition) is 8. The van der Waals surface area contributed by atoms with Gasteiger partial charge in [-0.15, -0.1) is 6.42 Å². The molecule has 0 saturated carbocycles. The van der Waals surface area contributed by atoms with E-state index in [-0.39, 0.29) is 11.6 Å². The van der Waals surface area contributed by atoms with Gasteiger partial charge in [0.25, 0.3) is 5.69 Å². The number of aromatic nitrogens is 3. The van der Waals surface area contributed by atoms with Crippen molar-refractivity contribution < 1.29 is 9.66 Å². The fraction of sp³-hybridized carbons (Fsp3) is 0.259. The van der Waals surface area contributed by atoms with E-state index in [1.165, 1.54) is 13.2 Å². The highest BCUT2D eigenvalue weighted by molar-refractivity contribution is 5.95. The van der Waals surface area contributed by atoms with Crippen LogP contribution in [0, 0.1) is 22.5 Å². The third kappa shape index (κ3) is 5.47. The quantitative estimate of drug-likeness (QED) is 0.195. The van der Waals surface area contributed by atoms with Gasteiger partial charge in [0.05, 0.1) is 30.0 Å². The summed E-state index contributed by atoms with van der Waals surface area (Å²) in [6.45, 7) is 1.80. The van der Waals surface area contributed by atoms with Crippen LogP contribution in [0.4, 0.5) is 23.0 Å². The molecule has 37 heavy (non-hydrogen) atoms. The van der Waals surface area contributed by atoms with Crippen molar-refractivity contribution in [2.75, 3.05) is 51.6 Å². The molecular formula is C27H29N7O3. The minimum atomic E-state index is -0.399. The monoisotopic (exact) mass is 499 g/mol. The molecule has 0 spiro atoms. The van der Waals surface area contributed by atoms with Gasteiger partial charge in [0.1, 0.15) is 11.4 Å². The molecular weight excluding hydrogens is 470 g/mol. The van der Waals surface area contributed by atoms with Crippen LogP contribution in [0.3, 0.4) is 0 Å². The Kier molecular flexibility index (Phi) is 7.55. The number of methoxy groups -OCH3 is 1. The van der Waals surface area contributed by atoms with Crippen molar-refractivity contribution in [2.45, 2.75) is 6.54 Å². The van der Waals surface area contributed by atoms with E-state index in [4.69, 9.17) is 11.2 Å². The van der Waals surface area contributed by atoms with Crippen molar-refractivity contribution in [3.8, 4) is 29.4 Å². The summed E-state index contributed by atoms with van der Waals surface area (Å²) < 4.78 is 7.57. The van der Waals surface area contributed by atoms with Gasteiger partial charge in [-0.05, 0) is 26.2 Å². The third-order valence-corrected chi connectivity index (χ3v) is 6.02. The number of terminal acetylenes is 1. The number of rotatable bonds is 10. The lowest BCUT2D eigenvalue weighted by atomic mass is 10.1. The third-order valence-electron chi connectivity index (χ3n) is 6.02. The molecule has 0 saturated heterocycles. The first-order chi connectivity index (χ1) is 17.8. The number of anilines is 3. The van der Waals surface area contributed by atoms with E-state index in [2.05, 4.69) is 21.2 Å². The van der Waals surface area contributed by atoms with Crippen LogP contribution in [0.15, 0.2) is 54.9 Å². The van der Waals surface area contributed by atoms with E-state index in [0.717, 1.165) is 23.0 Å². The van der Waals surface area contributed by atoms with Gasteiger partial charge in [0.15, 0.2) is 0 Å². The van der Waals surface area contributed by atoms with E-state index in [1.807, 2.05) is 72.0 Å². The van der Waals surface area contributed by atoms with Gasteiger partial charge in [-0.3, -0.25) is 10.1 Å². The Morgan fingerprint density at radius 1 is 1.19 bits per heavy atom. The molecule has 2 aromatic carbocycles. The van der Waals surface area contributed by atoms with Crippen molar-refractivity contribution in [3.63, 3.8) is 0 Å². The number of nitro groups is 1. The Bertz CT molecular complexity index is 1470. The molecule has 2 heterocycles. The zero-order chi connectivity index (χ0) is 26.5. The first-order valence-electron chi connectivity index (χ1n) is 11.7. The van der Waals surface area contributed by atoms with E-state index in [0.29, 0.717) is 35.9 Å². The predicted molar refractivity (Wildman–Crippen MR) is 147 cm³/mol. The van der Waals surface area contributed by atoms with Crippen molar-refractivity contribution in [1.82, 2.24) is 19.4 Å². The zero-order valence-corrected chi connectivity index (χ0v) is 21.3. The molecule has 0 radical (unpaired) electrons. The highest BCUT2D eigenvalue weighted by atomic mass is 16.6. The second-order valence-electron chi connectivity index (χ2n) is 8.81. The Balaban J connectivity index is 1.71. The smallest absolute Gasteiger partial charge is 0.294 e. The summed E-state index contributed by atoms with van der Waals surface area (Å²) in [6.07, 6.45) is 9.17. The average Bonchev–Trinajstić information content (AvgIpc) is 3.26. The molecule has 0 unspecified atom stereocenters. The lowest BCUT2D eigenvalue weighted by Gasteiger charge is -2.22. The number of nitrogens with zero attached hydrogens (tertiary/aromatic N) is 6. The Morgan fingerprint density at radius 2 is 1.97 bits per heavy atom. The van der Waals surface area contributed by atoms with Gasteiger partial charge < -0.3 is 24.4 Å². The molecule has 4 rings (SSSR count). The normalized spacial score (nSPS) is 10.9. The van der Waals surface area contributed by atoms with Crippen LogP contribution in [0.25, 0.3) is 22.2 Å². The van der Waals surface area contributed by atoms with Crippen molar-refractivity contribution in [2.24, 2.45) is 0 Å². The van der Waals surface area contributed by atoms with Gasteiger partial charge in [0.2, 0.25) is 5.95 Å². The van der Waals surface area contributed by atoms with Crippen LogP contribution < -0.4 is 15.0 Å². The van der Waals surface area contributed by atoms with E-state index in [9.17, 15) is 10.1 Å². The van der Waals surface area contributed by atoms with Gasteiger partial charge in [0, 0.05) is 61.1 Å². The number of nitro benzene ring substituents is 1. The maximum absolute atomic E-state index is 11.9. The Hall–Kier alpha value is -4.62. The van der Waals surface area contributed by atoms with E-state index in [1.54, 1.807) is 12.3 Å². The summed E-state index contributed by atoms with van der Waals surface area (Å²) in [5, 5.41) is 16.1. The maximum Gasteiger partial charge on any atom is 0.294 e. The molecule has 0 aliphatic rings. The fourth-order valence-corrected chi connectivity index (χ4v) is 4.12. The maximum atomic E-state index is 11.9. The number of ether oxygens (including phenoxy) is 1. The van der Waals surface area contributed by atoms with Gasteiger partial charge in [-0.25, -0.2) is 9.97 Å². The predicted octanol–water partition coefficient (Wildman–Crippen LogP) is 4.39. The highest BCUT2D eigenvalue weighted by Crippen LogP contribution is 2.39. The van der Waals surface area contributed by atoms with Gasteiger partial charge >= 0.3 is 0 Å². The number of likely N-dealkylation sites (N-methyl/N-ethyl adjacent to an activating group) is 2. The topological polar surface area (TPSA) is 102 Å². The number of nitrogens with one attached hydrogen (secondary N) is 1. The first-order valence-corrected chi connectivity index (χ1v) is 11.7. The molecule has 4 aromatic rings. The molecule has 0 fully saturated rings. The molecule has 0 aliphatic carbocycles. The molecule has 1 N–H and O–H groups in total. The molecule has 2 aromatic heterocycles. The Morgan fingerprint density at radius 3 is 2.68 bits per heavy atom. The van der Waals surface area contributed by atoms with Crippen LogP contribution in [-0.2, 0) is 6.54 Å². The number of hydrogen-bond donors (Lipinski definition) is 1. The first kappa shape index (κ1) is 25.5. The van der Waals surface area contributed by atoms with Crippen LogP contribution in [0.2, 0.25) is 0 Å². The largest absolute Gasteiger partial charge is 0.494 e. The number of fused-ring (bicyclic) bond motifs is 1. The van der Waals surface area contributed by atoms with Crippen LogP contribution >= 0.6 is 0 Å². The van der Waals surface area contributed by atoms with Crippen LogP contribution in [-0.4, -0.2) is 65.7 Å². The lowest BCUT2D eigenvalue weighted by Crippen LogP contribution is -2.28. The average molecular weight is 500 g/mol. The fourth-order valence-electron chi connectivity index (χ4n) is 4.12. The van der Waals surface area contributed by atoms with Gasteiger partial charge in [-0.1, -0.05) is 24.1 Å². The summed E-state index contributed by atoms with van der Waals surface area (Å²) in [6, 6.07) is 12.9. The minimum Gasteiger partial charge on any atom is -0.494 e. The molecule has 10 heteroatoms. The molecule has 190 valence electrons. The molecule has 0 bridgehead atoms. The van der Waals surface area contributed by atoms with Gasteiger partial charge in [-0.2, -0.15) is 0 Å². The molecule has 0 atom stereocenters. The zero-order valence-electron chi connectivity index (χ0n) is 21.3. The van der Waals surface area contributed by atoms with Crippen molar-refractivity contribution in [3.05, 3.63) is 65.0 Å². The van der Waals surface area contributed by atoms with Crippen molar-refractivity contribution in [1.29, 1.82) is 0 Å². The summed E-state index contributed by atoms with van der Waals surface area (Å²) in [4.78, 5) is 24.4. The molecule has 0 amide bonds. The standard InChI is InChI=1S/C27H29N7O3/c1-6-13-33-18-20(19-9-7-8-10-23(19)33)21-11-12-28-27(29-21)30-22-16-25(34(35)36)24(17-26(22)37-5)32(4)15-14-31(2)3/h1,7-12,16-18H,13-15H2,2-5H3,(H,28,29,30). The Labute approximate surface area is 215 Å². The number of benzene rings is 2. The van der Waals surface area contributed by atoms with Crippen LogP contribution in [0.1, 0.15) is 0 Å². The SMILES string of the molecule is C#CCn1cc(-c2ccnc(Nc3cc([N+](=O)[O-])c(N(C)CCN(C)C)cc3OC)n2)c2ccccc21.